The lowest BCUT2D eigenvalue weighted by molar-refractivity contribution is -0.0150. The van der Waals surface area contributed by atoms with E-state index in [0.717, 1.165) is 23.7 Å². The highest BCUT2D eigenvalue weighted by Crippen LogP contribution is 2.47. The van der Waals surface area contributed by atoms with Crippen LogP contribution in [0.3, 0.4) is 0 Å². The molecule has 2 atom stereocenters. The minimum Gasteiger partial charge on any atom is -0.486 e. The molecule has 19 heavy (non-hydrogen) atoms. The maximum atomic E-state index is 6.42. The summed E-state index contributed by atoms with van der Waals surface area (Å²) >= 11 is 6.11. The van der Waals surface area contributed by atoms with E-state index in [9.17, 15) is 0 Å². The number of hydrogen-bond acceptors (Lipinski definition) is 2. The molecule has 0 bridgehead atoms. The molecule has 1 aromatic rings. The number of fused-ring (bicyclic) bond motifs is 1. The van der Waals surface area contributed by atoms with Gasteiger partial charge < -0.3 is 9.64 Å². The summed E-state index contributed by atoms with van der Waals surface area (Å²) in [6.07, 6.45) is 6.10. The Balaban J connectivity index is 1.87. The van der Waals surface area contributed by atoms with Crippen molar-refractivity contribution < 1.29 is 4.74 Å². The van der Waals surface area contributed by atoms with Crippen molar-refractivity contribution in [3.8, 4) is 5.75 Å². The van der Waals surface area contributed by atoms with E-state index in [0.29, 0.717) is 5.92 Å². The van der Waals surface area contributed by atoms with E-state index in [-0.39, 0.29) is 5.60 Å². The van der Waals surface area contributed by atoms with Gasteiger partial charge in [-0.3, -0.25) is 0 Å². The normalized spacial score (nSPS) is 29.6. The third kappa shape index (κ3) is 2.48. The first kappa shape index (κ1) is 13.3. The Hall–Kier alpha value is -0.730. The van der Waals surface area contributed by atoms with E-state index in [1.165, 1.54) is 31.2 Å². The lowest BCUT2D eigenvalue weighted by Crippen LogP contribution is -2.48. The molecule has 0 unspecified atom stereocenters. The van der Waals surface area contributed by atoms with Crippen molar-refractivity contribution in [2.45, 2.75) is 37.7 Å². The van der Waals surface area contributed by atoms with Gasteiger partial charge >= 0.3 is 0 Å². The zero-order valence-electron chi connectivity index (χ0n) is 11.8. The highest BCUT2D eigenvalue weighted by Gasteiger charge is 2.47. The van der Waals surface area contributed by atoms with Crippen LogP contribution in [-0.4, -0.2) is 31.1 Å². The molecule has 1 saturated carbocycles. The Bertz CT molecular complexity index is 474. The highest BCUT2D eigenvalue weighted by molar-refractivity contribution is 6.30. The second-order valence-corrected chi connectivity index (χ2v) is 6.74. The van der Waals surface area contributed by atoms with E-state index in [1.54, 1.807) is 0 Å². The van der Waals surface area contributed by atoms with Crippen LogP contribution in [0, 0.1) is 5.92 Å². The Morgan fingerprint density at radius 3 is 3.00 bits per heavy atom. The molecular weight excluding hydrogens is 258 g/mol. The molecule has 0 aromatic heterocycles. The van der Waals surface area contributed by atoms with Crippen molar-refractivity contribution >= 4 is 11.6 Å². The maximum Gasteiger partial charge on any atom is 0.123 e. The van der Waals surface area contributed by atoms with E-state index in [1.807, 2.05) is 12.1 Å². The zero-order chi connectivity index (χ0) is 13.5. The summed E-state index contributed by atoms with van der Waals surface area (Å²) in [4.78, 5) is 2.29. The second-order valence-electron chi connectivity index (χ2n) is 6.30. The molecule has 104 valence electrons. The van der Waals surface area contributed by atoms with Crippen molar-refractivity contribution in [1.29, 1.82) is 0 Å². The van der Waals surface area contributed by atoms with Gasteiger partial charge in [0.25, 0.3) is 0 Å². The predicted octanol–water partition coefficient (Wildman–Crippen LogP) is 3.77. The van der Waals surface area contributed by atoms with Crippen molar-refractivity contribution in [2.24, 2.45) is 5.92 Å². The molecule has 3 rings (SSSR count). The summed E-state index contributed by atoms with van der Waals surface area (Å²) in [6, 6.07) is 6.05. The predicted molar refractivity (Wildman–Crippen MR) is 79.0 cm³/mol. The number of ether oxygens (including phenoxy) is 1. The minimum absolute atomic E-state index is 0.0233. The van der Waals surface area contributed by atoms with Crippen LogP contribution in [0.15, 0.2) is 18.2 Å². The van der Waals surface area contributed by atoms with Crippen molar-refractivity contribution in [3.63, 3.8) is 0 Å². The average Bonchev–Trinajstić information content (AvgIpc) is 2.70. The minimum atomic E-state index is 0.0233. The topological polar surface area (TPSA) is 12.5 Å². The standard InChI is InChI=1S/C16H22ClNO/c1-18(2)11-13-5-3-4-8-16(13)10-12-9-14(17)6-7-15(12)19-16/h6-7,9,13H,3-5,8,10-11H2,1-2H3/t13-,16+/m1/s1. The smallest absolute Gasteiger partial charge is 0.123 e. The molecule has 0 amide bonds. The maximum absolute atomic E-state index is 6.42. The fourth-order valence-corrected chi connectivity index (χ4v) is 3.91. The first-order valence-electron chi connectivity index (χ1n) is 7.21. The van der Waals surface area contributed by atoms with Crippen molar-refractivity contribution in [2.75, 3.05) is 20.6 Å². The molecule has 0 N–H and O–H groups in total. The SMILES string of the molecule is CN(C)C[C@H]1CCCC[C@]12Cc1cc(Cl)ccc1O2. The fraction of sp³-hybridized carbons (Fsp3) is 0.625. The lowest BCUT2D eigenvalue weighted by atomic mass is 9.73. The molecule has 3 heteroatoms. The first-order valence-corrected chi connectivity index (χ1v) is 7.59. The Morgan fingerprint density at radius 1 is 1.37 bits per heavy atom. The fourth-order valence-electron chi connectivity index (χ4n) is 3.71. The summed E-state index contributed by atoms with van der Waals surface area (Å²) in [5.74, 6) is 1.68. The van der Waals surface area contributed by atoms with Gasteiger partial charge in [0.05, 0.1) is 0 Å². The Kier molecular flexibility index (Phi) is 3.48. The molecule has 1 aliphatic carbocycles. The van der Waals surface area contributed by atoms with Gasteiger partial charge in [0.1, 0.15) is 11.4 Å². The van der Waals surface area contributed by atoms with Crippen LogP contribution in [0.1, 0.15) is 31.2 Å². The highest BCUT2D eigenvalue weighted by atomic mass is 35.5. The van der Waals surface area contributed by atoms with Crippen LogP contribution in [0.2, 0.25) is 5.02 Å². The van der Waals surface area contributed by atoms with Gasteiger partial charge in [-0.1, -0.05) is 18.0 Å². The quantitative estimate of drug-likeness (QED) is 0.817. The summed E-state index contributed by atoms with van der Waals surface area (Å²) in [5.41, 5.74) is 1.31. The molecule has 1 spiro atoms. The van der Waals surface area contributed by atoms with Gasteiger partial charge in [-0.05, 0) is 57.1 Å². The van der Waals surface area contributed by atoms with Crippen LogP contribution >= 0.6 is 11.6 Å². The summed E-state index contributed by atoms with van der Waals surface area (Å²) < 4.78 is 6.42. The number of hydrogen-bond donors (Lipinski definition) is 0. The summed E-state index contributed by atoms with van der Waals surface area (Å²) in [5, 5.41) is 0.819. The van der Waals surface area contributed by atoms with Gasteiger partial charge in [-0.15, -0.1) is 0 Å². The molecule has 1 aromatic carbocycles. The van der Waals surface area contributed by atoms with E-state index in [2.05, 4.69) is 25.1 Å². The van der Waals surface area contributed by atoms with Crippen molar-refractivity contribution in [1.82, 2.24) is 4.90 Å². The Morgan fingerprint density at radius 2 is 2.21 bits per heavy atom. The molecule has 2 aliphatic rings. The van der Waals surface area contributed by atoms with Gasteiger partial charge in [0.2, 0.25) is 0 Å². The van der Waals surface area contributed by atoms with Crippen LogP contribution < -0.4 is 4.74 Å². The van der Waals surface area contributed by atoms with Gasteiger partial charge in [0, 0.05) is 23.9 Å². The molecule has 0 radical (unpaired) electrons. The first-order chi connectivity index (χ1) is 9.09. The van der Waals surface area contributed by atoms with E-state index >= 15 is 0 Å². The third-order valence-electron chi connectivity index (χ3n) is 4.56. The zero-order valence-corrected chi connectivity index (χ0v) is 12.5. The van der Waals surface area contributed by atoms with Gasteiger partial charge in [0.15, 0.2) is 0 Å². The van der Waals surface area contributed by atoms with Gasteiger partial charge in [-0.2, -0.15) is 0 Å². The molecule has 0 saturated heterocycles. The van der Waals surface area contributed by atoms with Crippen LogP contribution in [0.25, 0.3) is 0 Å². The number of halogens is 1. The molecule has 1 aliphatic heterocycles. The van der Waals surface area contributed by atoms with Gasteiger partial charge in [-0.25, -0.2) is 0 Å². The van der Waals surface area contributed by atoms with Crippen molar-refractivity contribution in [3.05, 3.63) is 28.8 Å². The van der Waals surface area contributed by atoms with E-state index in [4.69, 9.17) is 16.3 Å². The number of rotatable bonds is 2. The molecule has 1 heterocycles. The average molecular weight is 280 g/mol. The Labute approximate surface area is 120 Å². The second kappa shape index (κ2) is 4.99. The number of nitrogens with zero attached hydrogens (tertiary/aromatic N) is 1. The lowest BCUT2D eigenvalue weighted by Gasteiger charge is -2.41. The number of benzene rings is 1. The summed E-state index contributed by atoms with van der Waals surface area (Å²) in [6.45, 7) is 1.11. The monoisotopic (exact) mass is 279 g/mol. The van der Waals surface area contributed by atoms with Crippen LogP contribution in [-0.2, 0) is 6.42 Å². The third-order valence-corrected chi connectivity index (χ3v) is 4.79. The summed E-state index contributed by atoms with van der Waals surface area (Å²) in [7, 11) is 4.31. The molecule has 1 fully saturated rings. The largest absolute Gasteiger partial charge is 0.486 e. The molecular formula is C16H22ClNO. The van der Waals surface area contributed by atoms with Crippen LogP contribution in [0.4, 0.5) is 0 Å². The van der Waals surface area contributed by atoms with Crippen LogP contribution in [0.5, 0.6) is 5.75 Å². The molecule has 2 nitrogen and oxygen atoms in total. The van der Waals surface area contributed by atoms with E-state index < -0.39 is 0 Å².